The van der Waals surface area contributed by atoms with Crippen LogP contribution in [0.25, 0.3) is 0 Å². The molecule has 0 spiro atoms. The van der Waals surface area contributed by atoms with E-state index in [1.54, 1.807) is 0 Å². The summed E-state index contributed by atoms with van der Waals surface area (Å²) in [6.07, 6.45) is 19.6. The molecule has 0 N–H and O–H groups in total. The lowest BCUT2D eigenvalue weighted by atomic mass is 9.64. The standard InChI is InChI=1S/C18H34/c1-16-10-8-14-18(2,15-9-11-16)17-12-6-4-3-5-7-13-17/h16-17H,3-15H2,1-2H3. The summed E-state index contributed by atoms with van der Waals surface area (Å²) in [5.41, 5.74) is 0.692. The van der Waals surface area contributed by atoms with Gasteiger partial charge in [-0.3, -0.25) is 0 Å². The summed E-state index contributed by atoms with van der Waals surface area (Å²) in [6.45, 7) is 5.09. The van der Waals surface area contributed by atoms with Gasteiger partial charge >= 0.3 is 0 Å². The van der Waals surface area contributed by atoms with Crippen molar-refractivity contribution in [3.05, 3.63) is 0 Å². The summed E-state index contributed by atoms with van der Waals surface area (Å²) in [5.74, 6) is 2.04. The minimum absolute atomic E-state index is 0.692. The first kappa shape index (κ1) is 14.4. The second-order valence-electron chi connectivity index (χ2n) is 7.59. The maximum absolute atomic E-state index is 2.63. The monoisotopic (exact) mass is 250 g/mol. The Bertz CT molecular complexity index is 212. The summed E-state index contributed by atoms with van der Waals surface area (Å²) >= 11 is 0. The van der Waals surface area contributed by atoms with Gasteiger partial charge in [0.1, 0.15) is 0 Å². The highest BCUT2D eigenvalue weighted by molar-refractivity contribution is 4.85. The van der Waals surface area contributed by atoms with E-state index < -0.39 is 0 Å². The molecular weight excluding hydrogens is 216 g/mol. The van der Waals surface area contributed by atoms with Crippen LogP contribution in [0.2, 0.25) is 0 Å². The maximum atomic E-state index is 2.63. The smallest absolute Gasteiger partial charge is 0.0298 e. The molecule has 0 heterocycles. The Morgan fingerprint density at radius 1 is 0.667 bits per heavy atom. The predicted octanol–water partition coefficient (Wildman–Crippen LogP) is 6.34. The SMILES string of the molecule is CC1CCCC(C)(C2CCCCCCC2)CCC1. The Hall–Kier alpha value is 0. The van der Waals surface area contributed by atoms with Gasteiger partial charge in [0.05, 0.1) is 0 Å². The van der Waals surface area contributed by atoms with E-state index in [4.69, 9.17) is 0 Å². The normalized spacial score (nSPS) is 37.3. The van der Waals surface area contributed by atoms with Gasteiger partial charge in [-0.05, 0) is 42.9 Å². The average Bonchev–Trinajstić information content (AvgIpc) is 2.25. The highest BCUT2D eigenvalue weighted by Crippen LogP contribution is 2.46. The molecule has 0 heteroatoms. The molecule has 18 heavy (non-hydrogen) atoms. The number of hydrogen-bond donors (Lipinski definition) is 0. The fraction of sp³-hybridized carbons (Fsp3) is 1.00. The Balaban J connectivity index is 1.93. The third kappa shape index (κ3) is 4.00. The Morgan fingerprint density at radius 2 is 1.17 bits per heavy atom. The molecule has 0 unspecified atom stereocenters. The summed E-state index contributed by atoms with van der Waals surface area (Å²) in [5, 5.41) is 0. The van der Waals surface area contributed by atoms with Gasteiger partial charge < -0.3 is 0 Å². The van der Waals surface area contributed by atoms with E-state index in [2.05, 4.69) is 13.8 Å². The molecule has 2 aliphatic rings. The lowest BCUT2D eigenvalue weighted by molar-refractivity contribution is 0.103. The van der Waals surface area contributed by atoms with Crippen molar-refractivity contribution in [1.29, 1.82) is 0 Å². The Morgan fingerprint density at radius 3 is 1.72 bits per heavy atom. The molecule has 0 radical (unpaired) electrons. The van der Waals surface area contributed by atoms with Gasteiger partial charge in [-0.1, -0.05) is 71.6 Å². The van der Waals surface area contributed by atoms with Gasteiger partial charge in [0.15, 0.2) is 0 Å². The predicted molar refractivity (Wildman–Crippen MR) is 80.8 cm³/mol. The van der Waals surface area contributed by atoms with Gasteiger partial charge in [0.2, 0.25) is 0 Å². The first-order valence-corrected chi connectivity index (χ1v) is 8.71. The molecule has 2 fully saturated rings. The van der Waals surface area contributed by atoms with Crippen LogP contribution in [0, 0.1) is 17.3 Å². The van der Waals surface area contributed by atoms with Crippen molar-refractivity contribution >= 4 is 0 Å². The second-order valence-corrected chi connectivity index (χ2v) is 7.59. The molecule has 106 valence electrons. The van der Waals surface area contributed by atoms with E-state index in [0.29, 0.717) is 5.41 Å². The van der Waals surface area contributed by atoms with Gasteiger partial charge in [0.25, 0.3) is 0 Å². The second kappa shape index (κ2) is 6.96. The molecule has 0 aromatic carbocycles. The highest BCUT2D eigenvalue weighted by atomic mass is 14.4. The first-order chi connectivity index (χ1) is 8.71. The van der Waals surface area contributed by atoms with Crippen molar-refractivity contribution < 1.29 is 0 Å². The van der Waals surface area contributed by atoms with E-state index in [1.165, 1.54) is 83.5 Å². The lowest BCUT2D eigenvalue weighted by Gasteiger charge is -2.41. The number of rotatable bonds is 1. The molecule has 0 aromatic heterocycles. The molecule has 0 bridgehead atoms. The maximum Gasteiger partial charge on any atom is -0.0298 e. The molecule has 0 atom stereocenters. The van der Waals surface area contributed by atoms with Crippen LogP contribution in [0.1, 0.15) is 97.3 Å². The third-order valence-electron chi connectivity index (χ3n) is 5.98. The van der Waals surface area contributed by atoms with E-state index >= 15 is 0 Å². The van der Waals surface area contributed by atoms with Crippen LogP contribution in [0.15, 0.2) is 0 Å². The minimum atomic E-state index is 0.692. The van der Waals surface area contributed by atoms with Gasteiger partial charge in [-0.2, -0.15) is 0 Å². The van der Waals surface area contributed by atoms with E-state index in [0.717, 1.165) is 11.8 Å². The molecule has 2 aliphatic carbocycles. The molecule has 0 aromatic rings. The van der Waals surface area contributed by atoms with E-state index in [1.807, 2.05) is 0 Å². The Kier molecular flexibility index (Phi) is 5.57. The van der Waals surface area contributed by atoms with Crippen LogP contribution in [-0.2, 0) is 0 Å². The van der Waals surface area contributed by atoms with Crippen molar-refractivity contribution in [3.63, 3.8) is 0 Å². The van der Waals surface area contributed by atoms with Gasteiger partial charge in [-0.15, -0.1) is 0 Å². The van der Waals surface area contributed by atoms with Crippen LogP contribution in [-0.4, -0.2) is 0 Å². The fourth-order valence-corrected chi connectivity index (χ4v) is 4.54. The molecule has 0 saturated heterocycles. The van der Waals surface area contributed by atoms with Crippen molar-refractivity contribution in [2.75, 3.05) is 0 Å². The van der Waals surface area contributed by atoms with Crippen LogP contribution >= 0.6 is 0 Å². The third-order valence-corrected chi connectivity index (χ3v) is 5.98. The average molecular weight is 250 g/mol. The quantitative estimate of drug-likeness (QED) is 0.509. The molecular formula is C18H34. The summed E-state index contributed by atoms with van der Waals surface area (Å²) in [7, 11) is 0. The number of hydrogen-bond acceptors (Lipinski definition) is 0. The fourth-order valence-electron chi connectivity index (χ4n) is 4.54. The molecule has 0 amide bonds. The minimum Gasteiger partial charge on any atom is -0.0625 e. The van der Waals surface area contributed by atoms with Crippen molar-refractivity contribution in [2.45, 2.75) is 97.3 Å². The summed E-state index contributed by atoms with van der Waals surface area (Å²) in [6, 6.07) is 0. The molecule has 2 rings (SSSR count). The molecule has 0 nitrogen and oxygen atoms in total. The van der Waals surface area contributed by atoms with Crippen LogP contribution in [0.4, 0.5) is 0 Å². The molecule has 2 saturated carbocycles. The summed E-state index contributed by atoms with van der Waals surface area (Å²) < 4.78 is 0. The zero-order chi connectivity index (χ0) is 12.8. The van der Waals surface area contributed by atoms with Gasteiger partial charge in [-0.25, -0.2) is 0 Å². The van der Waals surface area contributed by atoms with Crippen molar-refractivity contribution in [1.82, 2.24) is 0 Å². The largest absolute Gasteiger partial charge is 0.0625 e. The van der Waals surface area contributed by atoms with E-state index in [9.17, 15) is 0 Å². The van der Waals surface area contributed by atoms with Crippen molar-refractivity contribution in [3.8, 4) is 0 Å². The van der Waals surface area contributed by atoms with Crippen LogP contribution in [0.3, 0.4) is 0 Å². The Labute approximate surface area is 115 Å². The van der Waals surface area contributed by atoms with Crippen LogP contribution < -0.4 is 0 Å². The molecule has 0 aliphatic heterocycles. The van der Waals surface area contributed by atoms with Gasteiger partial charge in [0, 0.05) is 0 Å². The highest BCUT2D eigenvalue weighted by Gasteiger charge is 2.34. The first-order valence-electron chi connectivity index (χ1n) is 8.71. The summed E-state index contributed by atoms with van der Waals surface area (Å²) in [4.78, 5) is 0. The zero-order valence-corrected chi connectivity index (χ0v) is 12.8. The zero-order valence-electron chi connectivity index (χ0n) is 12.8. The van der Waals surface area contributed by atoms with E-state index in [-0.39, 0.29) is 0 Å². The van der Waals surface area contributed by atoms with Crippen LogP contribution in [0.5, 0.6) is 0 Å². The van der Waals surface area contributed by atoms with Crippen molar-refractivity contribution in [2.24, 2.45) is 17.3 Å². The topological polar surface area (TPSA) is 0 Å². The lowest BCUT2D eigenvalue weighted by Crippen LogP contribution is -2.29.